The molecule has 0 spiro atoms. The van der Waals surface area contributed by atoms with E-state index in [1.807, 2.05) is 0 Å². The standard InChI is InChI=1S/C9H6ClFN2OS/c10-6-2-1-5(11)3-7(6)12-9-13-8(14)4-15-9/h1-3H,4H2,(H,12,13,14). The van der Waals surface area contributed by atoms with Crippen LogP contribution in [0, 0.1) is 5.82 Å². The van der Waals surface area contributed by atoms with Gasteiger partial charge in [-0.3, -0.25) is 4.79 Å². The lowest BCUT2D eigenvalue weighted by Crippen LogP contribution is -2.19. The average molecular weight is 245 g/mol. The van der Waals surface area contributed by atoms with Crippen LogP contribution in [0.2, 0.25) is 5.02 Å². The minimum absolute atomic E-state index is 0.105. The van der Waals surface area contributed by atoms with E-state index in [1.165, 1.54) is 30.0 Å². The Bertz CT molecular complexity index is 450. The van der Waals surface area contributed by atoms with Crippen molar-refractivity contribution in [2.24, 2.45) is 4.99 Å². The number of benzene rings is 1. The van der Waals surface area contributed by atoms with Crippen molar-refractivity contribution >= 4 is 40.1 Å². The van der Waals surface area contributed by atoms with E-state index in [4.69, 9.17) is 11.6 Å². The molecular formula is C9H6ClFN2OS. The molecule has 0 saturated carbocycles. The molecule has 2 rings (SSSR count). The predicted molar refractivity (Wildman–Crippen MR) is 59.1 cm³/mol. The molecule has 1 aliphatic rings. The van der Waals surface area contributed by atoms with E-state index >= 15 is 0 Å². The van der Waals surface area contributed by atoms with Crippen molar-refractivity contribution in [2.75, 3.05) is 5.75 Å². The summed E-state index contributed by atoms with van der Waals surface area (Å²) in [5.41, 5.74) is 0.321. The molecule has 0 unspecified atom stereocenters. The van der Waals surface area contributed by atoms with E-state index in [1.54, 1.807) is 0 Å². The molecule has 0 radical (unpaired) electrons. The Morgan fingerprint density at radius 3 is 3.00 bits per heavy atom. The van der Waals surface area contributed by atoms with Crippen molar-refractivity contribution in [3.05, 3.63) is 29.0 Å². The monoisotopic (exact) mass is 244 g/mol. The Balaban J connectivity index is 2.30. The number of carbonyl (C=O) groups excluding carboxylic acids is 1. The van der Waals surface area contributed by atoms with Crippen LogP contribution < -0.4 is 5.32 Å². The third kappa shape index (κ3) is 2.49. The molecule has 3 nitrogen and oxygen atoms in total. The Kier molecular flexibility index (Phi) is 2.93. The number of carbonyl (C=O) groups is 1. The van der Waals surface area contributed by atoms with Gasteiger partial charge in [-0.05, 0) is 12.1 Å². The second-order valence-corrected chi connectivity index (χ2v) is 4.22. The number of halogens is 2. The molecule has 1 amide bonds. The second kappa shape index (κ2) is 4.20. The maximum Gasteiger partial charge on any atom is 0.236 e. The third-order valence-corrected chi connectivity index (χ3v) is 2.91. The lowest BCUT2D eigenvalue weighted by atomic mass is 10.3. The topological polar surface area (TPSA) is 41.5 Å². The van der Waals surface area contributed by atoms with Crippen LogP contribution >= 0.6 is 23.4 Å². The molecule has 0 bridgehead atoms. The molecule has 6 heteroatoms. The normalized spacial score (nSPS) is 18.3. The molecule has 15 heavy (non-hydrogen) atoms. The second-order valence-electron chi connectivity index (χ2n) is 2.85. The van der Waals surface area contributed by atoms with Crippen LogP contribution in [-0.2, 0) is 4.79 Å². The number of hydrogen-bond donors (Lipinski definition) is 1. The molecule has 1 fully saturated rings. The van der Waals surface area contributed by atoms with Crippen LogP contribution in [-0.4, -0.2) is 16.8 Å². The smallest absolute Gasteiger partial charge is 0.236 e. The van der Waals surface area contributed by atoms with E-state index < -0.39 is 5.82 Å². The fourth-order valence-corrected chi connectivity index (χ4v) is 1.92. The van der Waals surface area contributed by atoms with Crippen molar-refractivity contribution < 1.29 is 9.18 Å². The summed E-state index contributed by atoms with van der Waals surface area (Å²) in [6.45, 7) is 0. The first-order chi connectivity index (χ1) is 7.15. The van der Waals surface area contributed by atoms with Crippen LogP contribution in [0.1, 0.15) is 0 Å². The Morgan fingerprint density at radius 2 is 2.33 bits per heavy atom. The van der Waals surface area contributed by atoms with Gasteiger partial charge in [0, 0.05) is 6.07 Å². The van der Waals surface area contributed by atoms with Gasteiger partial charge in [-0.2, -0.15) is 0 Å². The van der Waals surface area contributed by atoms with Gasteiger partial charge in [0.15, 0.2) is 5.17 Å². The van der Waals surface area contributed by atoms with Gasteiger partial charge in [-0.15, -0.1) is 0 Å². The fourth-order valence-electron chi connectivity index (χ4n) is 1.07. The molecule has 0 aromatic heterocycles. The van der Waals surface area contributed by atoms with E-state index in [0.717, 1.165) is 0 Å². The number of aliphatic imine (C=N–C) groups is 1. The number of thioether (sulfide) groups is 1. The highest BCUT2D eigenvalue weighted by Gasteiger charge is 2.16. The van der Waals surface area contributed by atoms with Gasteiger partial charge >= 0.3 is 0 Å². The molecule has 1 aromatic carbocycles. The first kappa shape index (κ1) is 10.4. The number of amidine groups is 1. The zero-order valence-corrected chi connectivity index (χ0v) is 9.03. The molecule has 1 heterocycles. The predicted octanol–water partition coefficient (Wildman–Crippen LogP) is 2.33. The van der Waals surface area contributed by atoms with E-state index in [-0.39, 0.29) is 5.91 Å². The summed E-state index contributed by atoms with van der Waals surface area (Å²) >= 11 is 7.08. The van der Waals surface area contributed by atoms with Gasteiger partial charge in [-0.25, -0.2) is 9.38 Å². The van der Waals surface area contributed by atoms with Gasteiger partial charge < -0.3 is 5.32 Å². The van der Waals surface area contributed by atoms with Crippen molar-refractivity contribution in [1.82, 2.24) is 5.32 Å². The average Bonchev–Trinajstić information content (AvgIpc) is 2.58. The van der Waals surface area contributed by atoms with Gasteiger partial charge in [0.1, 0.15) is 5.82 Å². The highest BCUT2D eigenvalue weighted by atomic mass is 35.5. The molecule has 1 aliphatic heterocycles. The quantitative estimate of drug-likeness (QED) is 0.824. The molecule has 0 atom stereocenters. The maximum absolute atomic E-state index is 12.9. The summed E-state index contributed by atoms with van der Waals surface area (Å²) < 4.78 is 12.9. The number of nitrogens with zero attached hydrogens (tertiary/aromatic N) is 1. The summed E-state index contributed by atoms with van der Waals surface area (Å²) in [5.74, 6) is -0.175. The van der Waals surface area contributed by atoms with E-state index in [2.05, 4.69) is 10.3 Å². The van der Waals surface area contributed by atoms with Crippen LogP contribution in [0.25, 0.3) is 0 Å². The van der Waals surface area contributed by atoms with Gasteiger partial charge in [0.05, 0.1) is 16.5 Å². The lowest BCUT2D eigenvalue weighted by Gasteiger charge is -1.99. The van der Waals surface area contributed by atoms with Crippen molar-refractivity contribution in [3.63, 3.8) is 0 Å². The maximum atomic E-state index is 12.9. The highest BCUT2D eigenvalue weighted by molar-refractivity contribution is 8.15. The minimum atomic E-state index is -0.409. The Morgan fingerprint density at radius 1 is 1.53 bits per heavy atom. The molecule has 0 aliphatic carbocycles. The Hall–Kier alpha value is -1.07. The highest BCUT2D eigenvalue weighted by Crippen LogP contribution is 2.27. The number of rotatable bonds is 1. The van der Waals surface area contributed by atoms with Gasteiger partial charge in [0.25, 0.3) is 0 Å². The van der Waals surface area contributed by atoms with Crippen LogP contribution in [0.15, 0.2) is 23.2 Å². The van der Waals surface area contributed by atoms with E-state index in [9.17, 15) is 9.18 Å². The van der Waals surface area contributed by atoms with E-state index in [0.29, 0.717) is 21.6 Å². The summed E-state index contributed by atoms with van der Waals surface area (Å²) in [4.78, 5) is 14.9. The van der Waals surface area contributed by atoms with Crippen LogP contribution in [0.5, 0.6) is 0 Å². The largest absolute Gasteiger partial charge is 0.304 e. The van der Waals surface area contributed by atoms with Crippen molar-refractivity contribution in [2.45, 2.75) is 0 Å². The number of nitrogens with one attached hydrogen (secondary N) is 1. The molecular weight excluding hydrogens is 239 g/mol. The lowest BCUT2D eigenvalue weighted by molar-refractivity contribution is -0.116. The zero-order valence-electron chi connectivity index (χ0n) is 7.46. The number of amides is 1. The van der Waals surface area contributed by atoms with Crippen molar-refractivity contribution in [1.29, 1.82) is 0 Å². The first-order valence-corrected chi connectivity index (χ1v) is 5.48. The molecule has 78 valence electrons. The summed E-state index contributed by atoms with van der Waals surface area (Å²) in [6.07, 6.45) is 0. The molecule has 1 aromatic rings. The molecule has 1 saturated heterocycles. The molecule has 1 N–H and O–H groups in total. The number of hydrogen-bond acceptors (Lipinski definition) is 3. The van der Waals surface area contributed by atoms with Crippen LogP contribution in [0.4, 0.5) is 10.1 Å². The van der Waals surface area contributed by atoms with Gasteiger partial charge in [0.2, 0.25) is 5.91 Å². The van der Waals surface area contributed by atoms with Crippen LogP contribution in [0.3, 0.4) is 0 Å². The minimum Gasteiger partial charge on any atom is -0.304 e. The third-order valence-electron chi connectivity index (χ3n) is 1.72. The SMILES string of the molecule is O=C1CS/C(=N/c2cc(F)ccc2Cl)N1. The first-order valence-electron chi connectivity index (χ1n) is 4.11. The summed E-state index contributed by atoms with van der Waals surface area (Å²) in [7, 11) is 0. The van der Waals surface area contributed by atoms with Crippen molar-refractivity contribution in [3.8, 4) is 0 Å². The zero-order chi connectivity index (χ0) is 10.8. The fraction of sp³-hybridized carbons (Fsp3) is 0.111. The van der Waals surface area contributed by atoms with Gasteiger partial charge in [-0.1, -0.05) is 23.4 Å². The Labute approximate surface area is 94.7 Å². The summed E-state index contributed by atoms with van der Waals surface area (Å²) in [6, 6.07) is 3.91. The summed E-state index contributed by atoms with van der Waals surface area (Å²) in [5, 5.41) is 3.35.